The standard InChI is InChI=1S/C19H20N4O2S2/c24-17(22-18-20-7-9-26-18)14-5-3-8-23(12-14)19(25)21-11-15-10-13-4-1-2-6-16(13)27-15/h1-2,4,6-7,9-10,14H,3,5,8,11-12H2,(H,21,25)(H,20,22,24)/t14-/m1/s1. The molecule has 2 aromatic heterocycles. The number of nitrogens with one attached hydrogen (secondary N) is 2. The van der Waals surface area contributed by atoms with Crippen LogP contribution in [0.2, 0.25) is 0 Å². The lowest BCUT2D eigenvalue weighted by Crippen LogP contribution is -2.47. The highest BCUT2D eigenvalue weighted by Crippen LogP contribution is 2.25. The van der Waals surface area contributed by atoms with Gasteiger partial charge in [0.1, 0.15) is 0 Å². The maximum Gasteiger partial charge on any atom is 0.317 e. The first-order valence-electron chi connectivity index (χ1n) is 8.89. The Morgan fingerprint density at radius 2 is 2.19 bits per heavy atom. The Kier molecular flexibility index (Phi) is 5.35. The number of nitrogens with zero attached hydrogens (tertiary/aromatic N) is 2. The van der Waals surface area contributed by atoms with Crippen LogP contribution >= 0.6 is 22.7 Å². The molecule has 3 heterocycles. The zero-order valence-corrected chi connectivity index (χ0v) is 16.3. The number of urea groups is 1. The number of hydrogen-bond donors (Lipinski definition) is 2. The number of thiazole rings is 1. The molecule has 0 aliphatic carbocycles. The van der Waals surface area contributed by atoms with Crippen LogP contribution in [0.15, 0.2) is 41.9 Å². The van der Waals surface area contributed by atoms with Gasteiger partial charge in [0.25, 0.3) is 0 Å². The molecular formula is C19H20N4O2S2. The minimum atomic E-state index is -0.197. The average Bonchev–Trinajstić information content (AvgIpc) is 3.35. The predicted octanol–water partition coefficient (Wildman–Crippen LogP) is 3.92. The smallest absolute Gasteiger partial charge is 0.317 e. The van der Waals surface area contributed by atoms with E-state index in [9.17, 15) is 9.59 Å². The first-order chi connectivity index (χ1) is 13.2. The molecule has 1 aromatic carbocycles. The van der Waals surface area contributed by atoms with Gasteiger partial charge in [-0.2, -0.15) is 0 Å². The molecule has 2 N–H and O–H groups in total. The van der Waals surface area contributed by atoms with Crippen molar-refractivity contribution in [2.75, 3.05) is 18.4 Å². The normalized spacial score (nSPS) is 17.0. The second kappa shape index (κ2) is 8.06. The van der Waals surface area contributed by atoms with Crippen molar-refractivity contribution in [3.8, 4) is 0 Å². The number of carbonyl (C=O) groups excluding carboxylic acids is 2. The van der Waals surface area contributed by atoms with Crippen LogP contribution in [0.1, 0.15) is 17.7 Å². The van der Waals surface area contributed by atoms with Crippen LogP contribution in [0, 0.1) is 5.92 Å². The highest BCUT2D eigenvalue weighted by atomic mass is 32.1. The first-order valence-corrected chi connectivity index (χ1v) is 10.6. The lowest BCUT2D eigenvalue weighted by Gasteiger charge is -2.31. The maximum absolute atomic E-state index is 12.5. The van der Waals surface area contributed by atoms with Gasteiger partial charge in [-0.05, 0) is 30.4 Å². The number of piperidine rings is 1. The lowest BCUT2D eigenvalue weighted by molar-refractivity contribution is -0.121. The van der Waals surface area contributed by atoms with Crippen LogP contribution in [0.5, 0.6) is 0 Å². The summed E-state index contributed by atoms with van der Waals surface area (Å²) in [5, 5.41) is 9.45. The summed E-state index contributed by atoms with van der Waals surface area (Å²) in [6.07, 6.45) is 3.28. The number of hydrogen-bond acceptors (Lipinski definition) is 5. The Labute approximate surface area is 165 Å². The highest BCUT2D eigenvalue weighted by Gasteiger charge is 2.28. The summed E-state index contributed by atoms with van der Waals surface area (Å²) in [4.78, 5) is 31.9. The van der Waals surface area contributed by atoms with Crippen molar-refractivity contribution in [2.24, 2.45) is 5.92 Å². The van der Waals surface area contributed by atoms with E-state index >= 15 is 0 Å². The fraction of sp³-hybridized carbons (Fsp3) is 0.316. The number of carbonyl (C=O) groups is 2. The van der Waals surface area contributed by atoms with E-state index in [0.29, 0.717) is 24.8 Å². The van der Waals surface area contributed by atoms with E-state index in [4.69, 9.17) is 0 Å². The average molecular weight is 401 g/mol. The van der Waals surface area contributed by atoms with Crippen molar-refractivity contribution < 1.29 is 9.59 Å². The number of fused-ring (bicyclic) bond motifs is 1. The molecule has 1 aliphatic rings. The van der Waals surface area contributed by atoms with Gasteiger partial charge in [0.2, 0.25) is 5.91 Å². The van der Waals surface area contributed by atoms with E-state index in [-0.39, 0.29) is 17.9 Å². The molecule has 1 fully saturated rings. The van der Waals surface area contributed by atoms with E-state index in [1.54, 1.807) is 22.4 Å². The van der Waals surface area contributed by atoms with Crippen molar-refractivity contribution in [2.45, 2.75) is 19.4 Å². The van der Waals surface area contributed by atoms with Crippen LogP contribution in [0.25, 0.3) is 10.1 Å². The van der Waals surface area contributed by atoms with Crippen molar-refractivity contribution in [3.63, 3.8) is 0 Å². The fourth-order valence-electron chi connectivity index (χ4n) is 3.27. The number of rotatable bonds is 4. The van der Waals surface area contributed by atoms with Gasteiger partial charge in [-0.1, -0.05) is 18.2 Å². The Bertz CT molecular complexity index is 905. The maximum atomic E-state index is 12.5. The molecule has 0 saturated carbocycles. The molecular weight excluding hydrogens is 380 g/mol. The van der Waals surface area contributed by atoms with Gasteiger partial charge in [0.05, 0.1) is 12.5 Å². The largest absolute Gasteiger partial charge is 0.333 e. The molecule has 0 unspecified atom stereocenters. The van der Waals surface area contributed by atoms with Crippen molar-refractivity contribution in [1.29, 1.82) is 0 Å². The molecule has 140 valence electrons. The molecule has 8 heteroatoms. The first kappa shape index (κ1) is 17.9. The molecule has 0 radical (unpaired) electrons. The molecule has 3 aromatic rings. The second-order valence-corrected chi connectivity index (χ2v) is 8.58. The molecule has 0 spiro atoms. The van der Waals surface area contributed by atoms with Gasteiger partial charge in [0, 0.05) is 34.2 Å². The zero-order valence-electron chi connectivity index (χ0n) is 14.7. The number of anilines is 1. The van der Waals surface area contributed by atoms with Crippen molar-refractivity contribution in [1.82, 2.24) is 15.2 Å². The quantitative estimate of drug-likeness (QED) is 0.697. The molecule has 4 rings (SSSR count). The molecule has 27 heavy (non-hydrogen) atoms. The minimum Gasteiger partial charge on any atom is -0.333 e. The minimum absolute atomic E-state index is 0.0630. The Hall–Kier alpha value is -2.45. The van der Waals surface area contributed by atoms with E-state index < -0.39 is 0 Å². The van der Waals surface area contributed by atoms with Crippen LogP contribution in [0.4, 0.5) is 9.93 Å². The molecule has 3 amide bonds. The number of amides is 3. The highest BCUT2D eigenvalue weighted by molar-refractivity contribution is 7.19. The number of benzene rings is 1. The topological polar surface area (TPSA) is 74.3 Å². The van der Waals surface area contributed by atoms with E-state index in [1.807, 2.05) is 17.5 Å². The summed E-state index contributed by atoms with van der Waals surface area (Å²) in [5.41, 5.74) is 0. The molecule has 0 bridgehead atoms. The summed E-state index contributed by atoms with van der Waals surface area (Å²) >= 11 is 3.09. The summed E-state index contributed by atoms with van der Waals surface area (Å²) < 4.78 is 1.22. The van der Waals surface area contributed by atoms with Gasteiger partial charge in [-0.15, -0.1) is 22.7 Å². The van der Waals surface area contributed by atoms with Crippen LogP contribution < -0.4 is 10.6 Å². The van der Waals surface area contributed by atoms with Crippen molar-refractivity contribution in [3.05, 3.63) is 46.8 Å². The fourth-order valence-corrected chi connectivity index (χ4v) is 4.80. The summed E-state index contributed by atoms with van der Waals surface area (Å²) in [5.74, 6) is -0.260. The van der Waals surface area contributed by atoms with Crippen LogP contribution in [-0.4, -0.2) is 34.9 Å². The Morgan fingerprint density at radius 3 is 3.00 bits per heavy atom. The molecule has 1 saturated heterocycles. The Morgan fingerprint density at radius 1 is 1.30 bits per heavy atom. The zero-order chi connectivity index (χ0) is 18.6. The van der Waals surface area contributed by atoms with E-state index in [0.717, 1.165) is 17.7 Å². The van der Waals surface area contributed by atoms with E-state index in [1.165, 1.54) is 21.4 Å². The van der Waals surface area contributed by atoms with Gasteiger partial charge in [0.15, 0.2) is 5.13 Å². The van der Waals surface area contributed by atoms with Gasteiger partial charge in [-0.25, -0.2) is 9.78 Å². The second-order valence-electron chi connectivity index (χ2n) is 6.52. The van der Waals surface area contributed by atoms with Crippen LogP contribution in [0.3, 0.4) is 0 Å². The molecule has 1 aliphatic heterocycles. The third-order valence-electron chi connectivity index (χ3n) is 4.63. The van der Waals surface area contributed by atoms with Gasteiger partial charge >= 0.3 is 6.03 Å². The SMILES string of the molecule is O=C(Nc1nccs1)[C@@H]1CCCN(C(=O)NCc2cc3ccccc3s2)C1. The molecule has 1 atom stereocenters. The summed E-state index contributed by atoms with van der Waals surface area (Å²) in [6.45, 7) is 1.62. The number of thiophene rings is 1. The predicted molar refractivity (Wildman–Crippen MR) is 109 cm³/mol. The Balaban J connectivity index is 1.32. The summed E-state index contributed by atoms with van der Waals surface area (Å²) in [6, 6.07) is 10.2. The third-order valence-corrected chi connectivity index (χ3v) is 6.44. The summed E-state index contributed by atoms with van der Waals surface area (Å²) in [7, 11) is 0. The third kappa shape index (κ3) is 4.28. The number of likely N-dealkylation sites (tertiary alicyclic amines) is 1. The van der Waals surface area contributed by atoms with Gasteiger partial charge < -0.3 is 15.5 Å². The van der Waals surface area contributed by atoms with E-state index in [2.05, 4.69) is 33.8 Å². The molecule has 6 nitrogen and oxygen atoms in total. The lowest BCUT2D eigenvalue weighted by atomic mass is 9.97. The monoisotopic (exact) mass is 400 g/mol. The van der Waals surface area contributed by atoms with Gasteiger partial charge in [-0.3, -0.25) is 4.79 Å². The van der Waals surface area contributed by atoms with Crippen LogP contribution in [-0.2, 0) is 11.3 Å². The van der Waals surface area contributed by atoms with Crippen molar-refractivity contribution >= 4 is 49.8 Å². The number of aromatic nitrogens is 1.